The predicted molar refractivity (Wildman–Crippen MR) is 64.9 cm³/mol. The summed E-state index contributed by atoms with van der Waals surface area (Å²) < 4.78 is 5.10. The zero-order valence-corrected chi connectivity index (χ0v) is 9.93. The molecule has 1 rings (SSSR count). The van der Waals surface area contributed by atoms with Crippen molar-refractivity contribution in [3.05, 3.63) is 24.3 Å². The van der Waals surface area contributed by atoms with Crippen molar-refractivity contribution in [2.45, 2.75) is 6.92 Å². The van der Waals surface area contributed by atoms with Gasteiger partial charge in [-0.05, 0) is 31.2 Å². The minimum Gasteiger partial charge on any atom is -0.479 e. The van der Waals surface area contributed by atoms with E-state index in [0.717, 1.165) is 0 Å². The van der Waals surface area contributed by atoms with Gasteiger partial charge in [-0.25, -0.2) is 4.79 Å². The summed E-state index contributed by atoms with van der Waals surface area (Å²) in [6.07, 6.45) is 0. The van der Waals surface area contributed by atoms with Gasteiger partial charge >= 0.3 is 6.03 Å². The van der Waals surface area contributed by atoms with Crippen molar-refractivity contribution in [2.75, 3.05) is 25.5 Å². The average molecular weight is 233 g/mol. The highest BCUT2D eigenvalue weighted by molar-refractivity contribution is 5.89. The van der Waals surface area contributed by atoms with Gasteiger partial charge in [0, 0.05) is 19.3 Å². The first-order valence-corrected chi connectivity index (χ1v) is 5.29. The van der Waals surface area contributed by atoms with Crippen LogP contribution in [0.5, 0.6) is 5.75 Å². The number of hydrogen-bond acceptors (Lipinski definition) is 3. The summed E-state index contributed by atoms with van der Waals surface area (Å²) in [5, 5.41) is 11.1. The maximum absolute atomic E-state index is 11.5. The molecule has 0 atom stereocenters. The number of carbonyl (C=O) groups is 1. The molecule has 5 heteroatoms. The van der Waals surface area contributed by atoms with E-state index in [1.165, 1.54) is 0 Å². The SMILES string of the molecule is CCN(C)C(=O)Nc1ccc(OCC#N)cc1. The van der Waals surface area contributed by atoms with E-state index in [4.69, 9.17) is 10.00 Å². The van der Waals surface area contributed by atoms with Gasteiger partial charge in [0.15, 0.2) is 6.61 Å². The van der Waals surface area contributed by atoms with E-state index in [1.807, 2.05) is 13.0 Å². The molecule has 0 radical (unpaired) electrons. The summed E-state index contributed by atoms with van der Waals surface area (Å²) in [4.78, 5) is 13.1. The quantitative estimate of drug-likeness (QED) is 0.865. The van der Waals surface area contributed by atoms with E-state index in [-0.39, 0.29) is 12.6 Å². The third-order valence-electron chi connectivity index (χ3n) is 2.23. The normalized spacial score (nSPS) is 9.24. The van der Waals surface area contributed by atoms with Crippen LogP contribution < -0.4 is 10.1 Å². The molecule has 0 heterocycles. The molecule has 0 aliphatic heterocycles. The van der Waals surface area contributed by atoms with Crippen LogP contribution in [0.15, 0.2) is 24.3 Å². The maximum Gasteiger partial charge on any atom is 0.321 e. The molecule has 2 amide bonds. The van der Waals surface area contributed by atoms with E-state index < -0.39 is 0 Å². The summed E-state index contributed by atoms with van der Waals surface area (Å²) >= 11 is 0. The van der Waals surface area contributed by atoms with Gasteiger partial charge in [-0.3, -0.25) is 0 Å². The maximum atomic E-state index is 11.5. The molecular formula is C12H15N3O2. The van der Waals surface area contributed by atoms with Gasteiger partial charge in [-0.1, -0.05) is 0 Å². The molecule has 0 aliphatic carbocycles. The number of nitrogens with one attached hydrogen (secondary N) is 1. The molecule has 0 aromatic heterocycles. The molecule has 90 valence electrons. The summed E-state index contributed by atoms with van der Waals surface area (Å²) in [6, 6.07) is 8.61. The van der Waals surface area contributed by atoms with E-state index in [1.54, 1.807) is 36.2 Å². The number of benzene rings is 1. The molecular weight excluding hydrogens is 218 g/mol. The zero-order valence-electron chi connectivity index (χ0n) is 9.93. The highest BCUT2D eigenvalue weighted by Crippen LogP contribution is 2.15. The van der Waals surface area contributed by atoms with Crippen LogP contribution in [0.4, 0.5) is 10.5 Å². The third kappa shape index (κ3) is 4.03. The Morgan fingerprint density at radius 2 is 2.12 bits per heavy atom. The number of hydrogen-bond donors (Lipinski definition) is 1. The molecule has 1 N–H and O–H groups in total. The predicted octanol–water partition coefficient (Wildman–Crippen LogP) is 2.07. The van der Waals surface area contributed by atoms with Crippen LogP contribution >= 0.6 is 0 Å². The van der Waals surface area contributed by atoms with Gasteiger partial charge in [0.05, 0.1) is 0 Å². The zero-order chi connectivity index (χ0) is 12.7. The van der Waals surface area contributed by atoms with E-state index >= 15 is 0 Å². The number of nitrogens with zero attached hydrogens (tertiary/aromatic N) is 2. The van der Waals surface area contributed by atoms with E-state index in [2.05, 4.69) is 5.32 Å². The molecule has 0 saturated carbocycles. The van der Waals surface area contributed by atoms with Crippen molar-refractivity contribution in [1.29, 1.82) is 5.26 Å². The number of carbonyl (C=O) groups excluding carboxylic acids is 1. The van der Waals surface area contributed by atoms with Gasteiger partial charge in [0.1, 0.15) is 11.8 Å². The Morgan fingerprint density at radius 3 is 2.65 bits per heavy atom. The Hall–Kier alpha value is -2.22. The fourth-order valence-corrected chi connectivity index (χ4v) is 1.11. The minimum atomic E-state index is -0.154. The topological polar surface area (TPSA) is 65.4 Å². The Balaban J connectivity index is 2.57. The monoisotopic (exact) mass is 233 g/mol. The number of nitriles is 1. The molecule has 0 spiro atoms. The number of amides is 2. The first kappa shape index (κ1) is 12.8. The van der Waals surface area contributed by atoms with Crippen molar-refractivity contribution in [1.82, 2.24) is 4.90 Å². The second-order valence-corrected chi connectivity index (χ2v) is 3.42. The Kier molecular flexibility index (Phi) is 4.82. The lowest BCUT2D eigenvalue weighted by molar-refractivity contribution is 0.224. The van der Waals surface area contributed by atoms with Gasteiger partial charge in [-0.2, -0.15) is 5.26 Å². The summed E-state index contributed by atoms with van der Waals surface area (Å²) in [5.41, 5.74) is 0.694. The first-order valence-electron chi connectivity index (χ1n) is 5.29. The van der Waals surface area contributed by atoms with Crippen LogP contribution in [0.25, 0.3) is 0 Å². The average Bonchev–Trinajstić information content (AvgIpc) is 2.37. The van der Waals surface area contributed by atoms with Crippen LogP contribution in [-0.2, 0) is 0 Å². The Labute approximate surface area is 101 Å². The van der Waals surface area contributed by atoms with Crippen molar-refractivity contribution in [3.8, 4) is 11.8 Å². The van der Waals surface area contributed by atoms with Crippen molar-refractivity contribution >= 4 is 11.7 Å². The van der Waals surface area contributed by atoms with Crippen molar-refractivity contribution < 1.29 is 9.53 Å². The molecule has 0 unspecified atom stereocenters. The highest BCUT2D eigenvalue weighted by Gasteiger charge is 2.05. The van der Waals surface area contributed by atoms with Crippen LogP contribution in [0.1, 0.15) is 6.92 Å². The second kappa shape index (κ2) is 6.38. The van der Waals surface area contributed by atoms with Gasteiger partial charge in [0.2, 0.25) is 0 Å². The lowest BCUT2D eigenvalue weighted by atomic mass is 10.3. The molecule has 17 heavy (non-hydrogen) atoms. The molecule has 1 aromatic carbocycles. The number of anilines is 1. The lowest BCUT2D eigenvalue weighted by Crippen LogP contribution is -2.30. The molecule has 1 aromatic rings. The molecule has 0 aliphatic rings. The van der Waals surface area contributed by atoms with Gasteiger partial charge < -0.3 is 15.0 Å². The minimum absolute atomic E-state index is 0.0181. The molecule has 0 saturated heterocycles. The Bertz CT molecular complexity index is 409. The van der Waals surface area contributed by atoms with Crippen LogP contribution in [0.2, 0.25) is 0 Å². The lowest BCUT2D eigenvalue weighted by Gasteiger charge is -2.15. The van der Waals surface area contributed by atoms with Crippen molar-refractivity contribution in [3.63, 3.8) is 0 Å². The summed E-state index contributed by atoms with van der Waals surface area (Å²) in [7, 11) is 1.72. The first-order chi connectivity index (χ1) is 8.17. The smallest absolute Gasteiger partial charge is 0.321 e. The van der Waals surface area contributed by atoms with Crippen molar-refractivity contribution in [2.24, 2.45) is 0 Å². The summed E-state index contributed by atoms with van der Waals surface area (Å²) in [6.45, 7) is 2.57. The van der Waals surface area contributed by atoms with E-state index in [9.17, 15) is 4.79 Å². The second-order valence-electron chi connectivity index (χ2n) is 3.42. The molecule has 5 nitrogen and oxygen atoms in total. The largest absolute Gasteiger partial charge is 0.479 e. The van der Waals surface area contributed by atoms with E-state index in [0.29, 0.717) is 18.0 Å². The van der Waals surface area contributed by atoms with Crippen LogP contribution in [0, 0.1) is 11.3 Å². The highest BCUT2D eigenvalue weighted by atomic mass is 16.5. The third-order valence-corrected chi connectivity index (χ3v) is 2.23. The number of urea groups is 1. The molecule has 0 fully saturated rings. The fraction of sp³-hybridized carbons (Fsp3) is 0.333. The molecule has 0 bridgehead atoms. The standard InChI is InChI=1S/C12H15N3O2/c1-3-15(2)12(16)14-10-4-6-11(7-5-10)17-9-8-13/h4-7H,3,9H2,1-2H3,(H,14,16). The number of rotatable bonds is 4. The Morgan fingerprint density at radius 1 is 1.47 bits per heavy atom. The fourth-order valence-electron chi connectivity index (χ4n) is 1.11. The number of ether oxygens (including phenoxy) is 1. The van der Waals surface area contributed by atoms with Crippen LogP contribution in [-0.4, -0.2) is 31.1 Å². The van der Waals surface area contributed by atoms with Crippen LogP contribution in [0.3, 0.4) is 0 Å². The summed E-state index contributed by atoms with van der Waals surface area (Å²) in [5.74, 6) is 0.605. The van der Waals surface area contributed by atoms with Gasteiger partial charge in [-0.15, -0.1) is 0 Å². The van der Waals surface area contributed by atoms with Gasteiger partial charge in [0.25, 0.3) is 0 Å².